The molecule has 7 nitrogen and oxygen atoms in total. The summed E-state index contributed by atoms with van der Waals surface area (Å²) in [6.07, 6.45) is 2.34. The lowest BCUT2D eigenvalue weighted by atomic mass is 10.2. The van der Waals surface area contributed by atoms with Gasteiger partial charge in [0, 0.05) is 31.3 Å². The van der Waals surface area contributed by atoms with Gasteiger partial charge in [0.2, 0.25) is 5.91 Å². The molecule has 2 heterocycles. The number of carbonyl (C=O) groups excluding carboxylic acids is 2. The van der Waals surface area contributed by atoms with Gasteiger partial charge in [0.25, 0.3) is 5.91 Å². The maximum Gasteiger partial charge on any atom is 0.262 e. The smallest absolute Gasteiger partial charge is 0.262 e. The van der Waals surface area contributed by atoms with Gasteiger partial charge in [-0.25, -0.2) is 0 Å². The molecule has 0 bridgehead atoms. The van der Waals surface area contributed by atoms with Crippen molar-refractivity contribution in [3.63, 3.8) is 0 Å². The van der Waals surface area contributed by atoms with Crippen LogP contribution in [0, 0.1) is 0 Å². The summed E-state index contributed by atoms with van der Waals surface area (Å²) in [6, 6.07) is 5.14. The molecule has 8 heteroatoms. The van der Waals surface area contributed by atoms with Crippen LogP contribution in [0.15, 0.2) is 23.2 Å². The van der Waals surface area contributed by atoms with Crippen LogP contribution in [0.5, 0.6) is 11.5 Å². The molecule has 1 atom stereocenters. The molecule has 2 aliphatic heterocycles. The van der Waals surface area contributed by atoms with E-state index in [9.17, 15) is 9.59 Å². The van der Waals surface area contributed by atoms with Gasteiger partial charge in [0.05, 0.1) is 14.2 Å². The van der Waals surface area contributed by atoms with Crippen LogP contribution in [0.25, 0.3) is 0 Å². The minimum atomic E-state index is -0.448. The highest BCUT2D eigenvalue weighted by Crippen LogP contribution is 2.31. The Labute approximate surface area is 150 Å². The van der Waals surface area contributed by atoms with Crippen molar-refractivity contribution in [2.75, 3.05) is 32.6 Å². The van der Waals surface area contributed by atoms with Crippen LogP contribution >= 0.6 is 11.8 Å². The van der Waals surface area contributed by atoms with Crippen LogP contribution in [-0.2, 0) is 9.59 Å². The molecule has 0 spiro atoms. The van der Waals surface area contributed by atoms with Crippen molar-refractivity contribution < 1.29 is 19.1 Å². The SMILES string of the molecule is COc1ccc(NC(=O)C[C@@H]2SC(N3CCCC3)=NC2=O)cc1OC. The first-order chi connectivity index (χ1) is 12.1. The van der Waals surface area contributed by atoms with E-state index >= 15 is 0 Å². The number of ether oxygens (including phenoxy) is 2. The number of benzene rings is 1. The minimum absolute atomic E-state index is 0.0959. The number of hydrogen-bond acceptors (Lipinski definition) is 6. The molecule has 2 aliphatic rings. The molecule has 0 radical (unpaired) electrons. The van der Waals surface area contributed by atoms with Crippen LogP contribution in [-0.4, -0.2) is 54.4 Å². The van der Waals surface area contributed by atoms with E-state index in [4.69, 9.17) is 9.47 Å². The fraction of sp³-hybridized carbons (Fsp3) is 0.471. The number of anilines is 1. The van der Waals surface area contributed by atoms with E-state index in [1.54, 1.807) is 25.3 Å². The maximum absolute atomic E-state index is 12.3. The number of aliphatic imine (C=N–C) groups is 1. The Morgan fingerprint density at radius 3 is 2.68 bits per heavy atom. The van der Waals surface area contributed by atoms with Crippen LogP contribution in [0.2, 0.25) is 0 Å². The van der Waals surface area contributed by atoms with Gasteiger partial charge in [-0.3, -0.25) is 9.59 Å². The lowest BCUT2D eigenvalue weighted by Crippen LogP contribution is -2.25. The second kappa shape index (κ2) is 7.77. The molecule has 0 saturated carbocycles. The number of hydrogen-bond donors (Lipinski definition) is 1. The Morgan fingerprint density at radius 2 is 2.00 bits per heavy atom. The third-order valence-electron chi connectivity index (χ3n) is 4.14. The predicted octanol–water partition coefficient (Wildman–Crippen LogP) is 2.13. The van der Waals surface area contributed by atoms with Crippen molar-refractivity contribution in [2.24, 2.45) is 4.99 Å². The van der Waals surface area contributed by atoms with Crippen LogP contribution in [0.1, 0.15) is 19.3 Å². The normalized spacial score (nSPS) is 19.8. The average molecular weight is 363 g/mol. The lowest BCUT2D eigenvalue weighted by Gasteiger charge is -2.16. The van der Waals surface area contributed by atoms with Crippen molar-refractivity contribution in [1.82, 2.24) is 4.90 Å². The number of nitrogens with one attached hydrogen (secondary N) is 1. The van der Waals surface area contributed by atoms with Crippen molar-refractivity contribution in [2.45, 2.75) is 24.5 Å². The van der Waals surface area contributed by atoms with E-state index in [2.05, 4.69) is 15.2 Å². The molecule has 134 valence electrons. The van der Waals surface area contributed by atoms with Gasteiger partial charge in [0.1, 0.15) is 5.25 Å². The van der Waals surface area contributed by atoms with E-state index in [0.29, 0.717) is 17.2 Å². The van der Waals surface area contributed by atoms with Crippen LogP contribution in [0.4, 0.5) is 5.69 Å². The summed E-state index contributed by atoms with van der Waals surface area (Å²) in [7, 11) is 3.09. The van der Waals surface area contributed by atoms with Crippen LogP contribution in [0.3, 0.4) is 0 Å². The molecule has 3 rings (SSSR count). The van der Waals surface area contributed by atoms with Gasteiger partial charge in [-0.15, -0.1) is 0 Å². The maximum atomic E-state index is 12.3. The van der Waals surface area contributed by atoms with Crippen molar-refractivity contribution in [3.05, 3.63) is 18.2 Å². The molecular formula is C17H21N3O4S. The molecule has 1 aromatic rings. The third kappa shape index (κ3) is 4.07. The van der Waals surface area contributed by atoms with E-state index in [1.807, 2.05) is 0 Å². The summed E-state index contributed by atoms with van der Waals surface area (Å²) in [4.78, 5) is 30.6. The number of thioether (sulfide) groups is 1. The van der Waals surface area contributed by atoms with Crippen molar-refractivity contribution >= 4 is 34.4 Å². The zero-order valence-corrected chi connectivity index (χ0v) is 15.1. The number of methoxy groups -OCH3 is 2. The summed E-state index contributed by atoms with van der Waals surface area (Å²) in [5, 5.41) is 3.10. The Morgan fingerprint density at radius 1 is 1.28 bits per heavy atom. The zero-order chi connectivity index (χ0) is 17.8. The van der Waals surface area contributed by atoms with E-state index < -0.39 is 5.25 Å². The summed E-state index contributed by atoms with van der Waals surface area (Å²) in [5.41, 5.74) is 0.596. The lowest BCUT2D eigenvalue weighted by molar-refractivity contribution is -0.121. The number of amides is 2. The standard InChI is InChI=1S/C17H21N3O4S/c1-23-12-6-5-11(9-13(12)24-2)18-15(21)10-14-16(22)19-17(25-14)20-7-3-4-8-20/h5-6,9,14H,3-4,7-8,10H2,1-2H3,(H,18,21)/t14-/m0/s1. The summed E-state index contributed by atoms with van der Waals surface area (Å²) in [6.45, 7) is 1.87. The predicted molar refractivity (Wildman–Crippen MR) is 97.4 cm³/mol. The van der Waals surface area contributed by atoms with Crippen molar-refractivity contribution in [1.29, 1.82) is 0 Å². The highest BCUT2D eigenvalue weighted by atomic mass is 32.2. The van der Waals surface area contributed by atoms with Gasteiger partial charge in [0.15, 0.2) is 16.7 Å². The average Bonchev–Trinajstić information content (AvgIpc) is 3.25. The molecule has 2 amide bonds. The Balaban J connectivity index is 1.57. The summed E-state index contributed by atoms with van der Waals surface area (Å²) < 4.78 is 10.4. The van der Waals surface area contributed by atoms with Gasteiger partial charge in [-0.2, -0.15) is 4.99 Å². The Kier molecular flexibility index (Phi) is 5.47. The van der Waals surface area contributed by atoms with Gasteiger partial charge in [-0.1, -0.05) is 11.8 Å². The highest BCUT2D eigenvalue weighted by Gasteiger charge is 2.33. The Bertz CT molecular complexity index is 701. The number of amidine groups is 1. The first kappa shape index (κ1) is 17.6. The molecule has 0 aliphatic carbocycles. The fourth-order valence-corrected chi connectivity index (χ4v) is 3.96. The molecule has 1 N–H and O–H groups in total. The molecule has 1 fully saturated rings. The molecule has 1 saturated heterocycles. The molecular weight excluding hydrogens is 342 g/mol. The van der Waals surface area contributed by atoms with E-state index in [-0.39, 0.29) is 18.2 Å². The first-order valence-electron chi connectivity index (χ1n) is 8.16. The van der Waals surface area contributed by atoms with E-state index in [1.165, 1.54) is 18.9 Å². The quantitative estimate of drug-likeness (QED) is 0.863. The largest absolute Gasteiger partial charge is 0.493 e. The number of rotatable bonds is 5. The van der Waals surface area contributed by atoms with Crippen LogP contribution < -0.4 is 14.8 Å². The van der Waals surface area contributed by atoms with Crippen molar-refractivity contribution in [3.8, 4) is 11.5 Å². The number of carbonyl (C=O) groups is 2. The highest BCUT2D eigenvalue weighted by molar-refractivity contribution is 8.15. The van der Waals surface area contributed by atoms with E-state index in [0.717, 1.165) is 31.1 Å². The van der Waals surface area contributed by atoms with Gasteiger partial charge in [-0.05, 0) is 25.0 Å². The second-order valence-corrected chi connectivity index (χ2v) is 7.03. The minimum Gasteiger partial charge on any atom is -0.493 e. The Hall–Kier alpha value is -2.22. The van der Waals surface area contributed by atoms with Gasteiger partial charge < -0.3 is 19.7 Å². The molecule has 0 aromatic heterocycles. The first-order valence-corrected chi connectivity index (χ1v) is 9.04. The van der Waals surface area contributed by atoms with Gasteiger partial charge >= 0.3 is 0 Å². The summed E-state index contributed by atoms with van der Waals surface area (Å²) >= 11 is 1.39. The summed E-state index contributed by atoms with van der Waals surface area (Å²) in [5.74, 6) is 0.669. The molecule has 25 heavy (non-hydrogen) atoms. The fourth-order valence-electron chi connectivity index (χ4n) is 2.85. The third-order valence-corrected chi connectivity index (χ3v) is 5.36. The second-order valence-electron chi connectivity index (χ2n) is 5.86. The molecule has 0 unspecified atom stereocenters. The monoisotopic (exact) mass is 363 g/mol. The topological polar surface area (TPSA) is 80.2 Å². The number of nitrogens with zero attached hydrogens (tertiary/aromatic N) is 2. The zero-order valence-electron chi connectivity index (χ0n) is 14.3. The number of likely N-dealkylation sites (tertiary alicyclic amines) is 1. The molecule has 1 aromatic carbocycles.